The molecule has 0 aliphatic carbocycles. The van der Waals surface area contributed by atoms with E-state index in [0.717, 1.165) is 36.0 Å². The molecule has 1 aliphatic heterocycles. The Labute approximate surface area is 116 Å². The molecule has 2 rings (SSSR count). The lowest BCUT2D eigenvalue weighted by atomic mass is 10.2. The van der Waals surface area contributed by atoms with E-state index in [1.165, 1.54) is 12.8 Å². The van der Waals surface area contributed by atoms with Gasteiger partial charge in [-0.25, -0.2) is 9.78 Å². The number of nitrogens with zero attached hydrogens (tertiary/aromatic N) is 2. The maximum Gasteiger partial charge on any atom is 0.323 e. The number of likely N-dealkylation sites (tertiary alicyclic amines) is 1. The number of aryl methyl sites for hydroxylation is 1. The van der Waals surface area contributed by atoms with Gasteiger partial charge in [-0.1, -0.05) is 12.8 Å². The van der Waals surface area contributed by atoms with Crippen LogP contribution in [0, 0.1) is 6.92 Å². The zero-order valence-electron chi connectivity index (χ0n) is 10.6. The summed E-state index contributed by atoms with van der Waals surface area (Å²) in [5.41, 5.74) is 1.07. The fourth-order valence-corrected chi connectivity index (χ4v) is 2.29. The Hall–Kier alpha value is -1.10. The number of anilines is 1. The summed E-state index contributed by atoms with van der Waals surface area (Å²) in [6, 6.07) is 1.84. The van der Waals surface area contributed by atoms with E-state index in [9.17, 15) is 4.79 Å². The van der Waals surface area contributed by atoms with Crippen LogP contribution >= 0.6 is 15.9 Å². The average Bonchev–Trinajstić information content (AvgIpc) is 2.62. The van der Waals surface area contributed by atoms with E-state index in [1.54, 1.807) is 6.20 Å². The van der Waals surface area contributed by atoms with Gasteiger partial charge in [0.25, 0.3) is 0 Å². The normalized spacial score (nSPS) is 16.2. The Balaban J connectivity index is 1.99. The monoisotopic (exact) mass is 311 g/mol. The summed E-state index contributed by atoms with van der Waals surface area (Å²) in [6.45, 7) is 3.68. The summed E-state index contributed by atoms with van der Waals surface area (Å²) < 4.78 is 0.954. The van der Waals surface area contributed by atoms with Crippen molar-refractivity contribution in [3.05, 3.63) is 22.3 Å². The maximum atomic E-state index is 12.1. The van der Waals surface area contributed by atoms with Crippen LogP contribution in [-0.2, 0) is 0 Å². The van der Waals surface area contributed by atoms with Gasteiger partial charge >= 0.3 is 6.03 Å². The Morgan fingerprint density at radius 2 is 2.00 bits per heavy atom. The molecule has 1 aromatic heterocycles. The van der Waals surface area contributed by atoms with Crippen LogP contribution in [0.5, 0.6) is 0 Å². The van der Waals surface area contributed by atoms with Crippen LogP contribution in [0.3, 0.4) is 0 Å². The van der Waals surface area contributed by atoms with Crippen molar-refractivity contribution in [2.75, 3.05) is 18.4 Å². The first-order chi connectivity index (χ1) is 8.66. The van der Waals surface area contributed by atoms with Gasteiger partial charge in [0.15, 0.2) is 0 Å². The highest BCUT2D eigenvalue weighted by Gasteiger charge is 2.15. The van der Waals surface area contributed by atoms with Crippen molar-refractivity contribution in [1.82, 2.24) is 9.88 Å². The van der Waals surface area contributed by atoms with Crippen molar-refractivity contribution >= 4 is 27.8 Å². The van der Waals surface area contributed by atoms with Crippen molar-refractivity contribution in [3.63, 3.8) is 0 Å². The molecule has 1 aromatic rings. The summed E-state index contributed by atoms with van der Waals surface area (Å²) in [4.78, 5) is 18.2. The van der Waals surface area contributed by atoms with Crippen molar-refractivity contribution in [3.8, 4) is 0 Å². The fourth-order valence-electron chi connectivity index (χ4n) is 2.07. The third-order valence-corrected chi connectivity index (χ3v) is 4.01. The third-order valence-electron chi connectivity index (χ3n) is 3.18. The van der Waals surface area contributed by atoms with E-state index in [1.807, 2.05) is 17.9 Å². The Kier molecular flexibility index (Phi) is 4.58. The van der Waals surface area contributed by atoms with Crippen molar-refractivity contribution in [2.24, 2.45) is 0 Å². The molecule has 0 spiro atoms. The highest BCUT2D eigenvalue weighted by molar-refractivity contribution is 9.10. The minimum absolute atomic E-state index is 0.0360. The molecular formula is C13H18BrN3O. The van der Waals surface area contributed by atoms with Crippen molar-refractivity contribution in [1.29, 1.82) is 0 Å². The van der Waals surface area contributed by atoms with Gasteiger partial charge in [0, 0.05) is 23.8 Å². The Morgan fingerprint density at radius 3 is 2.61 bits per heavy atom. The van der Waals surface area contributed by atoms with E-state index in [0.29, 0.717) is 5.82 Å². The number of urea groups is 1. The summed E-state index contributed by atoms with van der Waals surface area (Å²) in [7, 11) is 0. The zero-order chi connectivity index (χ0) is 13.0. The van der Waals surface area contributed by atoms with Crippen LogP contribution in [0.1, 0.15) is 31.2 Å². The lowest BCUT2D eigenvalue weighted by Gasteiger charge is -2.20. The molecule has 2 amide bonds. The second-order valence-electron chi connectivity index (χ2n) is 4.65. The summed E-state index contributed by atoms with van der Waals surface area (Å²) >= 11 is 3.40. The molecule has 0 bridgehead atoms. The predicted octanol–water partition coefficient (Wildman–Crippen LogP) is 3.56. The summed E-state index contributed by atoms with van der Waals surface area (Å²) in [5, 5.41) is 2.86. The number of aromatic nitrogens is 1. The van der Waals surface area contributed by atoms with Gasteiger partial charge in [-0.2, -0.15) is 0 Å². The van der Waals surface area contributed by atoms with Gasteiger partial charge in [0.1, 0.15) is 5.82 Å². The topological polar surface area (TPSA) is 45.2 Å². The van der Waals surface area contributed by atoms with Gasteiger partial charge in [-0.3, -0.25) is 5.32 Å². The quantitative estimate of drug-likeness (QED) is 0.862. The molecule has 0 radical (unpaired) electrons. The molecule has 18 heavy (non-hydrogen) atoms. The van der Waals surface area contributed by atoms with Crippen molar-refractivity contribution < 1.29 is 4.79 Å². The van der Waals surface area contributed by atoms with Gasteiger partial charge in [-0.15, -0.1) is 0 Å². The maximum absolute atomic E-state index is 12.1. The molecule has 1 saturated heterocycles. The second-order valence-corrected chi connectivity index (χ2v) is 5.50. The van der Waals surface area contributed by atoms with Gasteiger partial charge in [0.2, 0.25) is 0 Å². The minimum atomic E-state index is -0.0360. The standard InChI is InChI=1S/C13H18BrN3O/c1-10-8-12(15-9-11(10)14)16-13(18)17-6-4-2-3-5-7-17/h8-9H,2-7H2,1H3,(H,15,16,18). The molecule has 5 heteroatoms. The number of hydrogen-bond acceptors (Lipinski definition) is 2. The molecule has 1 fully saturated rings. The SMILES string of the molecule is Cc1cc(NC(=O)N2CCCCCC2)ncc1Br. The average molecular weight is 312 g/mol. The molecule has 98 valence electrons. The lowest BCUT2D eigenvalue weighted by Crippen LogP contribution is -2.35. The van der Waals surface area contributed by atoms with Crippen LogP contribution in [-0.4, -0.2) is 29.0 Å². The van der Waals surface area contributed by atoms with E-state index < -0.39 is 0 Å². The molecule has 0 unspecified atom stereocenters. The molecule has 0 atom stereocenters. The first kappa shape index (κ1) is 13.3. The number of amides is 2. The Morgan fingerprint density at radius 1 is 1.33 bits per heavy atom. The Bertz CT molecular complexity index is 428. The molecule has 1 aliphatic rings. The molecule has 0 saturated carbocycles. The summed E-state index contributed by atoms with van der Waals surface area (Å²) in [6.07, 6.45) is 6.35. The van der Waals surface area contributed by atoms with E-state index >= 15 is 0 Å². The van der Waals surface area contributed by atoms with Crippen LogP contribution in [0.2, 0.25) is 0 Å². The van der Waals surface area contributed by atoms with Crippen LogP contribution in [0.25, 0.3) is 0 Å². The number of hydrogen-bond donors (Lipinski definition) is 1. The minimum Gasteiger partial charge on any atom is -0.325 e. The van der Waals surface area contributed by atoms with E-state index in [-0.39, 0.29) is 6.03 Å². The largest absolute Gasteiger partial charge is 0.325 e. The van der Waals surface area contributed by atoms with E-state index in [4.69, 9.17) is 0 Å². The number of carbonyl (C=O) groups excluding carboxylic acids is 1. The summed E-state index contributed by atoms with van der Waals surface area (Å²) in [5.74, 6) is 0.616. The zero-order valence-corrected chi connectivity index (χ0v) is 12.2. The lowest BCUT2D eigenvalue weighted by molar-refractivity contribution is 0.213. The first-order valence-electron chi connectivity index (χ1n) is 6.35. The molecule has 1 N–H and O–H groups in total. The van der Waals surface area contributed by atoms with Gasteiger partial charge < -0.3 is 4.90 Å². The van der Waals surface area contributed by atoms with Crippen LogP contribution in [0.4, 0.5) is 10.6 Å². The predicted molar refractivity (Wildman–Crippen MR) is 75.7 cm³/mol. The number of nitrogens with one attached hydrogen (secondary N) is 1. The molecule has 0 aromatic carbocycles. The van der Waals surface area contributed by atoms with Crippen LogP contribution < -0.4 is 5.32 Å². The fraction of sp³-hybridized carbons (Fsp3) is 0.538. The second kappa shape index (κ2) is 6.18. The smallest absolute Gasteiger partial charge is 0.323 e. The van der Waals surface area contributed by atoms with Gasteiger partial charge in [0.05, 0.1) is 0 Å². The van der Waals surface area contributed by atoms with Gasteiger partial charge in [-0.05, 0) is 47.3 Å². The highest BCUT2D eigenvalue weighted by atomic mass is 79.9. The van der Waals surface area contributed by atoms with Crippen LogP contribution in [0.15, 0.2) is 16.7 Å². The first-order valence-corrected chi connectivity index (χ1v) is 7.14. The third kappa shape index (κ3) is 3.45. The number of carbonyl (C=O) groups is 1. The molecule has 4 nitrogen and oxygen atoms in total. The molecule has 2 heterocycles. The molecular weight excluding hydrogens is 294 g/mol. The number of rotatable bonds is 1. The number of pyridine rings is 1. The highest BCUT2D eigenvalue weighted by Crippen LogP contribution is 2.18. The number of halogens is 1. The van der Waals surface area contributed by atoms with E-state index in [2.05, 4.69) is 26.2 Å². The van der Waals surface area contributed by atoms with Crippen molar-refractivity contribution in [2.45, 2.75) is 32.6 Å².